The van der Waals surface area contributed by atoms with Gasteiger partial charge in [0.2, 0.25) is 27.4 Å². The molecule has 5 aromatic rings. The van der Waals surface area contributed by atoms with Crippen LogP contribution in [-0.2, 0) is 62.2 Å². The Balaban J connectivity index is 0.773. The van der Waals surface area contributed by atoms with Crippen LogP contribution in [0.3, 0.4) is 0 Å². The number of rotatable bonds is 21. The number of sulfonamides is 1. The molecular weight excluding hydrogens is 1150 g/mol. The van der Waals surface area contributed by atoms with Crippen LogP contribution in [0.1, 0.15) is 101 Å². The summed E-state index contributed by atoms with van der Waals surface area (Å²) in [7, 11) is -4.05. The van der Waals surface area contributed by atoms with Crippen LogP contribution in [0.2, 0.25) is 0 Å². The number of carbonyl (C=O) groups excluding carboxylic acids is 6. The number of aliphatic carboxylic acids is 1. The normalized spacial score (nSPS) is 18.2. The number of hydrogen-bond acceptors (Lipinski definition) is 14. The number of fused-ring (bicyclic) bond motifs is 5. The molecule has 4 aliphatic rings. The molecule has 5 atom stereocenters. The van der Waals surface area contributed by atoms with Crippen molar-refractivity contribution in [1.82, 2.24) is 41.0 Å². The van der Waals surface area contributed by atoms with Gasteiger partial charge in [0.05, 0.1) is 48.0 Å². The SMILES string of the molecule is CCCNC(=O)NC1=CC=CC(S(=O)(=O)Nc2cccc(C(CC(=O)O)NC(=O)Nc3ccc(NC(=S)NCC(=O)N4CCC[C@H]4C(=O)N[C@@H](CC(C)C)C(=O)O[C@]4(CC)C(=O)OCc5c4cc4n(c5=O)Cc5cc6ccccc6nc5-4)cc3)c2)C1. The number of para-hydroxylation sites is 1. The molecule has 0 saturated carbocycles. The molecular formula is C60H67N11O13S2. The number of likely N-dealkylation sites (tertiary alicyclic amines) is 1. The summed E-state index contributed by atoms with van der Waals surface area (Å²) in [5, 5.41) is 29.0. The third kappa shape index (κ3) is 14.0. The van der Waals surface area contributed by atoms with E-state index in [1.54, 1.807) is 54.0 Å². The molecule has 2 aromatic heterocycles. The van der Waals surface area contributed by atoms with E-state index in [2.05, 4.69) is 41.9 Å². The van der Waals surface area contributed by atoms with Crippen LogP contribution >= 0.6 is 12.2 Å². The number of nitrogens with one attached hydrogen (secondary N) is 8. The second-order valence-corrected chi connectivity index (χ2v) is 24.0. The second-order valence-electron chi connectivity index (χ2n) is 21.7. The Morgan fingerprint density at radius 3 is 2.38 bits per heavy atom. The average molecular weight is 1210 g/mol. The van der Waals surface area contributed by atoms with E-state index < -0.39 is 92.8 Å². The number of amides is 6. The second kappa shape index (κ2) is 26.4. The number of allylic oxidation sites excluding steroid dienone is 3. The average Bonchev–Trinajstić information content (AvgIpc) is 1.40. The molecule has 1 aliphatic carbocycles. The molecule has 1 fully saturated rings. The fourth-order valence-electron chi connectivity index (χ4n) is 10.9. The van der Waals surface area contributed by atoms with Gasteiger partial charge in [-0.1, -0.05) is 70.2 Å². The number of nitrogens with zero attached hydrogens (tertiary/aromatic N) is 3. The quantitative estimate of drug-likeness (QED) is 0.0289. The molecule has 0 radical (unpaired) electrons. The van der Waals surface area contributed by atoms with Crippen molar-refractivity contribution < 1.29 is 56.6 Å². The van der Waals surface area contributed by atoms with E-state index >= 15 is 0 Å². The van der Waals surface area contributed by atoms with Gasteiger partial charge in [-0.2, -0.15) is 0 Å². The maximum absolute atomic E-state index is 14.4. The van der Waals surface area contributed by atoms with E-state index in [-0.39, 0.29) is 73.3 Å². The molecule has 0 bridgehead atoms. The first-order valence-corrected chi connectivity index (χ1v) is 30.2. The lowest BCUT2D eigenvalue weighted by atomic mass is 9.85. The monoisotopic (exact) mass is 1210 g/mol. The predicted octanol–water partition coefficient (Wildman–Crippen LogP) is 6.14. The maximum atomic E-state index is 14.4. The van der Waals surface area contributed by atoms with E-state index in [1.165, 1.54) is 35.3 Å². The van der Waals surface area contributed by atoms with Crippen molar-refractivity contribution in [2.24, 2.45) is 5.92 Å². The lowest BCUT2D eigenvalue weighted by Gasteiger charge is -2.37. The van der Waals surface area contributed by atoms with Gasteiger partial charge >= 0.3 is 30.0 Å². The molecule has 1 saturated heterocycles. The molecule has 2 unspecified atom stereocenters. The predicted molar refractivity (Wildman–Crippen MR) is 324 cm³/mol. The topological polar surface area (TPSA) is 327 Å². The Morgan fingerprint density at radius 2 is 1.65 bits per heavy atom. The summed E-state index contributed by atoms with van der Waals surface area (Å²) in [6.07, 6.45) is 5.65. The highest BCUT2D eigenvalue weighted by Crippen LogP contribution is 2.41. The Kier molecular flexibility index (Phi) is 18.8. The van der Waals surface area contributed by atoms with Gasteiger partial charge in [-0.15, -0.1) is 0 Å². The fourth-order valence-corrected chi connectivity index (χ4v) is 12.4. The van der Waals surface area contributed by atoms with E-state index in [0.29, 0.717) is 53.4 Å². The summed E-state index contributed by atoms with van der Waals surface area (Å²) < 4.78 is 42.8. The van der Waals surface area contributed by atoms with Gasteiger partial charge in [-0.25, -0.2) is 32.6 Å². The molecule has 9 N–H and O–H groups in total. The summed E-state index contributed by atoms with van der Waals surface area (Å²) in [5.74, 6) is -4.17. The molecule has 9 rings (SSSR count). The zero-order chi connectivity index (χ0) is 61.5. The smallest absolute Gasteiger partial charge is 0.355 e. The Bertz CT molecular complexity index is 3760. The zero-order valence-corrected chi connectivity index (χ0v) is 49.3. The number of anilines is 3. The number of thiocarbonyl (C=S) groups is 1. The van der Waals surface area contributed by atoms with Crippen molar-refractivity contribution in [2.45, 2.75) is 115 Å². The van der Waals surface area contributed by atoms with Gasteiger partial charge in [0, 0.05) is 58.8 Å². The molecule has 3 aromatic carbocycles. The van der Waals surface area contributed by atoms with E-state index in [0.717, 1.165) is 22.9 Å². The summed E-state index contributed by atoms with van der Waals surface area (Å²) in [4.78, 5) is 114. The van der Waals surface area contributed by atoms with Gasteiger partial charge in [0.15, 0.2) is 5.11 Å². The lowest BCUT2D eigenvalue weighted by molar-refractivity contribution is -0.191. The van der Waals surface area contributed by atoms with Gasteiger partial charge in [-0.3, -0.25) is 23.9 Å². The van der Waals surface area contributed by atoms with Gasteiger partial charge < -0.3 is 61.3 Å². The van der Waals surface area contributed by atoms with Crippen LogP contribution in [0, 0.1) is 5.92 Å². The first-order chi connectivity index (χ1) is 41.1. The van der Waals surface area contributed by atoms with Crippen molar-refractivity contribution >= 4 is 97.1 Å². The summed E-state index contributed by atoms with van der Waals surface area (Å²) >= 11 is 5.49. The summed E-state index contributed by atoms with van der Waals surface area (Å²) in [6.45, 7) is 7.61. The minimum Gasteiger partial charge on any atom is -0.481 e. The number of esters is 2. The first kappa shape index (κ1) is 61.4. The number of aromatic nitrogens is 2. The van der Waals surface area contributed by atoms with Gasteiger partial charge in [-0.05, 0) is 116 Å². The highest BCUT2D eigenvalue weighted by molar-refractivity contribution is 7.93. The number of benzene rings is 3. The van der Waals surface area contributed by atoms with E-state index in [9.17, 15) is 51.9 Å². The molecule has 24 nitrogen and oxygen atoms in total. The van der Waals surface area contributed by atoms with Crippen molar-refractivity contribution in [3.63, 3.8) is 0 Å². The Labute approximate surface area is 501 Å². The highest BCUT2D eigenvalue weighted by atomic mass is 32.2. The summed E-state index contributed by atoms with van der Waals surface area (Å²) in [6, 6.07) is 19.0. The third-order valence-electron chi connectivity index (χ3n) is 15.1. The minimum absolute atomic E-state index is 0.00582. The molecule has 0 spiro atoms. The number of carboxylic acids is 1. The number of urea groups is 2. The van der Waals surface area contributed by atoms with Crippen LogP contribution in [0.15, 0.2) is 114 Å². The number of ether oxygens (including phenoxy) is 2. The molecule has 6 amide bonds. The molecule has 86 heavy (non-hydrogen) atoms. The van der Waals surface area contributed by atoms with E-state index in [1.807, 2.05) is 51.1 Å². The maximum Gasteiger partial charge on any atom is 0.355 e. The molecule has 5 heterocycles. The first-order valence-electron chi connectivity index (χ1n) is 28.3. The van der Waals surface area contributed by atoms with E-state index in [4.69, 9.17) is 26.7 Å². The van der Waals surface area contributed by atoms with Crippen LogP contribution in [-0.4, -0.2) is 112 Å². The third-order valence-corrected chi connectivity index (χ3v) is 17.0. The fraction of sp³-hybridized carbons (Fsp3) is 0.367. The van der Waals surface area contributed by atoms with Crippen molar-refractivity contribution in [1.29, 1.82) is 0 Å². The molecule has 452 valence electrons. The molecule has 26 heteroatoms. The number of pyridine rings is 2. The number of carboxylic acid groups (broad SMARTS) is 1. The molecule has 3 aliphatic heterocycles. The van der Waals surface area contributed by atoms with Crippen molar-refractivity contribution in [3.8, 4) is 11.4 Å². The van der Waals surface area contributed by atoms with Gasteiger partial charge in [0.1, 0.15) is 23.9 Å². The van der Waals surface area contributed by atoms with Gasteiger partial charge in [0.25, 0.3) is 5.56 Å². The van der Waals surface area contributed by atoms with Crippen molar-refractivity contribution in [3.05, 3.63) is 141 Å². The number of carbonyl (C=O) groups is 7. The Hall–Kier alpha value is -9.17. The van der Waals surface area contributed by atoms with Crippen LogP contribution in [0.4, 0.5) is 26.7 Å². The standard InChI is InChI=1S/C60H67N11O13S2/c1-5-23-61-57(79)64-40-14-10-16-42(28-40)86(81,82)69-41-15-9-13-36(27-41)46(30-51(73)74)68-58(80)63-38-19-21-39(22-20-38)65-59(85)62-31-50(72)70-24-11-18-48(70)53(75)67-47(25-34(3)4)55(77)84-60(6-2)44-29-49-52-37(26-35-12-7-8-17-45(35)66-52)32-71(49)54(76)43(44)33-83-56(60)78/h7-10,12-17,19-22,26-27,29,34,42,46-48,69H,5-6,11,18,23-25,28,30-33H2,1-4H3,(H,67,75)(H,73,74)(H2,61,64,79)(H2,62,65,85)(H2,63,68,80)/t42?,46?,47-,48-,60-/m0/s1. The largest absolute Gasteiger partial charge is 0.481 e. The summed E-state index contributed by atoms with van der Waals surface area (Å²) in [5.41, 5.74) is 2.18. The Morgan fingerprint density at radius 1 is 0.895 bits per heavy atom. The van der Waals surface area contributed by atoms with Crippen LogP contribution < -0.4 is 47.5 Å². The highest BCUT2D eigenvalue weighted by Gasteiger charge is 2.51. The minimum atomic E-state index is -4.05. The van der Waals surface area contributed by atoms with Crippen LogP contribution in [0.5, 0.6) is 0 Å². The zero-order valence-electron chi connectivity index (χ0n) is 47.7. The van der Waals surface area contributed by atoms with Crippen LogP contribution in [0.25, 0.3) is 22.3 Å². The number of cyclic esters (lactones) is 1. The lowest BCUT2D eigenvalue weighted by Crippen LogP contribution is -2.55. The van der Waals surface area contributed by atoms with Crippen molar-refractivity contribution in [2.75, 3.05) is 35.0 Å². The number of hydrogen-bond donors (Lipinski definition) is 9.